The van der Waals surface area contributed by atoms with E-state index in [1.54, 1.807) is 23.1 Å². The molecule has 3 aromatic heterocycles. The number of fused-ring (bicyclic) bond motifs is 1. The van der Waals surface area contributed by atoms with E-state index in [0.29, 0.717) is 23.9 Å². The number of aliphatic hydroxyl groups excluding tert-OH is 1. The zero-order valence-corrected chi connectivity index (χ0v) is 17.6. The molecule has 1 unspecified atom stereocenters. The summed E-state index contributed by atoms with van der Waals surface area (Å²) >= 11 is 0. The van der Waals surface area contributed by atoms with Crippen LogP contribution < -0.4 is 5.32 Å². The summed E-state index contributed by atoms with van der Waals surface area (Å²) in [5, 5.41) is 29.5. The van der Waals surface area contributed by atoms with Crippen LogP contribution in [0.2, 0.25) is 0 Å². The number of allylic oxidation sites excluding steroid dienone is 1. The summed E-state index contributed by atoms with van der Waals surface area (Å²) in [6.45, 7) is 4.86. The highest BCUT2D eigenvalue weighted by molar-refractivity contribution is 6.07. The van der Waals surface area contributed by atoms with Gasteiger partial charge >= 0.3 is 0 Å². The van der Waals surface area contributed by atoms with Crippen LogP contribution in [0.4, 0.5) is 0 Å². The highest BCUT2D eigenvalue weighted by atomic mass is 16.5. The molecule has 3 N–H and O–H groups in total. The summed E-state index contributed by atoms with van der Waals surface area (Å²) in [5.41, 5.74) is 3.71. The third-order valence-electron chi connectivity index (χ3n) is 5.00. The maximum absolute atomic E-state index is 9.79. The quantitative estimate of drug-likeness (QED) is 0.418. The van der Waals surface area contributed by atoms with Crippen molar-refractivity contribution in [2.24, 2.45) is 0 Å². The van der Waals surface area contributed by atoms with Gasteiger partial charge in [0.05, 0.1) is 54.2 Å². The number of methoxy groups -OCH3 is 1. The van der Waals surface area contributed by atoms with Crippen LogP contribution in [-0.4, -0.2) is 62.1 Å². The predicted molar refractivity (Wildman–Crippen MR) is 116 cm³/mol. The van der Waals surface area contributed by atoms with E-state index in [2.05, 4.69) is 29.4 Å². The fraction of sp³-hybridized carbons (Fsp3) is 0.429. The van der Waals surface area contributed by atoms with E-state index in [-0.39, 0.29) is 6.61 Å². The molecule has 3 heterocycles. The molecule has 0 spiro atoms. The second kappa shape index (κ2) is 10.1. The number of hydrogen-bond acceptors (Lipinski definition) is 7. The fourth-order valence-corrected chi connectivity index (χ4v) is 3.35. The van der Waals surface area contributed by atoms with Crippen LogP contribution in [-0.2, 0) is 4.74 Å². The van der Waals surface area contributed by atoms with Crippen molar-refractivity contribution in [3.05, 3.63) is 42.7 Å². The van der Waals surface area contributed by atoms with E-state index < -0.39 is 6.10 Å². The maximum atomic E-state index is 9.79. The highest BCUT2D eigenvalue weighted by Crippen LogP contribution is 2.26. The van der Waals surface area contributed by atoms with Crippen molar-refractivity contribution < 1.29 is 9.84 Å². The Morgan fingerprint density at radius 3 is 2.80 bits per heavy atom. The molecule has 160 valence electrons. The van der Waals surface area contributed by atoms with Gasteiger partial charge in [-0.05, 0) is 18.9 Å². The van der Waals surface area contributed by atoms with E-state index >= 15 is 0 Å². The van der Waals surface area contributed by atoms with Crippen LogP contribution in [0.1, 0.15) is 38.4 Å². The number of aromatic nitrogens is 5. The van der Waals surface area contributed by atoms with Gasteiger partial charge in [-0.2, -0.15) is 10.2 Å². The lowest BCUT2D eigenvalue weighted by Crippen LogP contribution is -2.27. The first-order chi connectivity index (χ1) is 14.6. The monoisotopic (exact) mass is 411 g/mol. The van der Waals surface area contributed by atoms with Gasteiger partial charge < -0.3 is 20.6 Å². The number of ether oxygens (including phenoxy) is 1. The van der Waals surface area contributed by atoms with Crippen molar-refractivity contribution in [3.8, 4) is 11.3 Å². The Kier molecular flexibility index (Phi) is 7.31. The molecular weight excluding hydrogens is 382 g/mol. The molecule has 3 aromatic rings. The van der Waals surface area contributed by atoms with E-state index in [1.165, 1.54) is 13.3 Å². The first-order valence-electron chi connectivity index (χ1n) is 10.1. The highest BCUT2D eigenvalue weighted by Gasteiger charge is 2.15. The number of nitrogens with one attached hydrogen (secondary N) is 2. The zero-order chi connectivity index (χ0) is 21.5. The van der Waals surface area contributed by atoms with Crippen molar-refractivity contribution in [1.82, 2.24) is 29.7 Å². The van der Waals surface area contributed by atoms with Crippen LogP contribution in [0.25, 0.3) is 22.3 Å². The van der Waals surface area contributed by atoms with Crippen molar-refractivity contribution in [3.63, 3.8) is 0 Å². The summed E-state index contributed by atoms with van der Waals surface area (Å²) in [7, 11) is 1.54. The number of aliphatic hydroxyl groups is 1. The van der Waals surface area contributed by atoms with Gasteiger partial charge in [0.2, 0.25) is 0 Å². The number of rotatable bonds is 11. The van der Waals surface area contributed by atoms with Gasteiger partial charge in [-0.15, -0.1) is 0 Å². The van der Waals surface area contributed by atoms with Crippen molar-refractivity contribution in [2.45, 2.75) is 38.8 Å². The summed E-state index contributed by atoms with van der Waals surface area (Å²) in [5.74, 6) is 0. The Morgan fingerprint density at radius 1 is 1.30 bits per heavy atom. The van der Waals surface area contributed by atoms with Crippen LogP contribution in [0.5, 0.6) is 0 Å². The average molecular weight is 412 g/mol. The summed E-state index contributed by atoms with van der Waals surface area (Å²) in [6, 6.07) is 2.26. The van der Waals surface area contributed by atoms with Crippen molar-refractivity contribution >= 4 is 17.3 Å². The molecule has 3 rings (SSSR count). The Bertz CT molecular complexity index is 1000. The fourth-order valence-electron chi connectivity index (χ4n) is 3.35. The van der Waals surface area contributed by atoms with Gasteiger partial charge in [0, 0.05) is 43.4 Å². The lowest BCUT2D eigenvalue weighted by molar-refractivity contribution is 0.0667. The molecule has 0 radical (unpaired) electrons. The molecule has 9 heteroatoms. The zero-order valence-electron chi connectivity index (χ0n) is 17.6. The van der Waals surface area contributed by atoms with Crippen molar-refractivity contribution in [1.29, 1.82) is 5.41 Å². The Balaban J connectivity index is 1.95. The SMILES string of the molecule is CCC(CC)n1cc(-c2nc(/C(C=N)=C/NCC(O)COC)cn3nccc23)cn1. The smallest absolute Gasteiger partial charge is 0.0999 e. The van der Waals surface area contributed by atoms with Crippen LogP contribution in [0.3, 0.4) is 0 Å². The average Bonchev–Trinajstić information content (AvgIpc) is 3.41. The molecule has 0 saturated carbocycles. The summed E-state index contributed by atoms with van der Waals surface area (Å²) in [4.78, 5) is 4.81. The summed E-state index contributed by atoms with van der Waals surface area (Å²) < 4.78 is 8.67. The van der Waals surface area contributed by atoms with Gasteiger partial charge in [-0.1, -0.05) is 13.8 Å². The van der Waals surface area contributed by atoms with E-state index in [4.69, 9.17) is 15.1 Å². The maximum Gasteiger partial charge on any atom is 0.0999 e. The first kappa shape index (κ1) is 21.7. The molecule has 1 atom stereocenters. The van der Waals surface area contributed by atoms with Gasteiger partial charge in [-0.3, -0.25) is 4.68 Å². The lowest BCUT2D eigenvalue weighted by atomic mass is 10.1. The number of nitrogens with zero attached hydrogens (tertiary/aromatic N) is 5. The lowest BCUT2D eigenvalue weighted by Gasteiger charge is -2.12. The topological polar surface area (TPSA) is 113 Å². The standard InChI is InChI=1S/C21H29N7O2/c1-4-17(5-2)27-12-16(10-25-27)21-20-6-7-24-28(20)13-19(26-21)15(8-22)9-23-11-18(29)14-30-3/h6-10,12-13,17-18,22-23,29H,4-5,11,14H2,1-3H3/b15-9+,22-8?. The molecule has 0 amide bonds. The summed E-state index contributed by atoms with van der Waals surface area (Å²) in [6.07, 6.45) is 11.6. The molecule has 0 bridgehead atoms. The van der Waals surface area contributed by atoms with E-state index in [1.807, 2.05) is 23.1 Å². The second-order valence-electron chi connectivity index (χ2n) is 7.08. The molecule has 0 aliphatic heterocycles. The first-order valence-corrected chi connectivity index (χ1v) is 10.1. The van der Waals surface area contributed by atoms with Gasteiger partial charge in [-0.25, -0.2) is 9.50 Å². The largest absolute Gasteiger partial charge is 0.389 e. The minimum absolute atomic E-state index is 0.239. The van der Waals surface area contributed by atoms with Gasteiger partial charge in [0.15, 0.2) is 0 Å². The molecule has 0 aliphatic carbocycles. The Hall–Kier alpha value is -3.04. The minimum Gasteiger partial charge on any atom is -0.389 e. The second-order valence-corrected chi connectivity index (χ2v) is 7.08. The predicted octanol–water partition coefficient (Wildman–Crippen LogP) is 2.54. The van der Waals surface area contributed by atoms with Gasteiger partial charge in [0.25, 0.3) is 0 Å². The third-order valence-corrected chi connectivity index (χ3v) is 5.00. The minimum atomic E-state index is -0.633. The molecule has 0 aliphatic rings. The molecule has 0 fully saturated rings. The van der Waals surface area contributed by atoms with Gasteiger partial charge in [0.1, 0.15) is 0 Å². The van der Waals surface area contributed by atoms with Crippen molar-refractivity contribution in [2.75, 3.05) is 20.3 Å². The molecule has 9 nitrogen and oxygen atoms in total. The number of hydrogen-bond donors (Lipinski definition) is 3. The third kappa shape index (κ3) is 4.74. The Morgan fingerprint density at radius 2 is 2.10 bits per heavy atom. The normalized spacial score (nSPS) is 13.2. The van der Waals surface area contributed by atoms with Crippen LogP contribution >= 0.6 is 0 Å². The van der Waals surface area contributed by atoms with Crippen LogP contribution in [0, 0.1) is 5.41 Å². The van der Waals surface area contributed by atoms with E-state index in [9.17, 15) is 5.11 Å². The molecular formula is C21H29N7O2. The Labute approximate surface area is 175 Å². The molecule has 30 heavy (non-hydrogen) atoms. The molecule has 0 aromatic carbocycles. The van der Waals surface area contributed by atoms with E-state index in [0.717, 1.165) is 29.6 Å². The van der Waals surface area contributed by atoms with Crippen LogP contribution in [0.15, 0.2) is 37.1 Å². The molecule has 0 saturated heterocycles.